The monoisotopic (exact) mass is 377 g/mol. The lowest BCUT2D eigenvalue weighted by atomic mass is 10.1. The maximum absolute atomic E-state index is 10.8. The van der Waals surface area contributed by atoms with Crippen LogP contribution in [0.3, 0.4) is 0 Å². The van der Waals surface area contributed by atoms with Crippen LogP contribution in [0.4, 0.5) is 5.69 Å². The molecular weight excluding hydrogens is 367 g/mol. The van der Waals surface area contributed by atoms with Crippen molar-refractivity contribution < 1.29 is 9.90 Å². The smallest absolute Gasteiger partial charge is 0.0716 e. The second kappa shape index (κ2) is 7.30. The molecule has 1 N–H and O–H groups in total. The second-order valence-corrected chi connectivity index (χ2v) is 6.84. The molecule has 0 saturated heterocycles. The molecule has 0 atom stereocenters. The summed E-state index contributed by atoms with van der Waals surface area (Å²) < 4.78 is 0. The summed E-state index contributed by atoms with van der Waals surface area (Å²) in [6.45, 7) is 0. The Labute approximate surface area is 153 Å². The number of nitrogens with zero attached hydrogens (tertiary/aromatic N) is 1. The molecule has 0 fully saturated rings. The molecule has 0 radical (unpaired) electrons. The van der Waals surface area contributed by atoms with Gasteiger partial charge in [-0.25, -0.2) is 0 Å². The molecule has 0 unspecified atom stereocenters. The number of nitrogens with one attached hydrogen (secondary N) is 1. The van der Waals surface area contributed by atoms with Gasteiger partial charge in [0.25, 0.3) is 0 Å². The van der Waals surface area contributed by atoms with Crippen molar-refractivity contribution in [2.75, 3.05) is 11.2 Å². The molecule has 1 aliphatic rings. The Kier molecular flexibility index (Phi) is 5.14. The topological polar surface area (TPSA) is 64.5 Å². The van der Waals surface area contributed by atoms with E-state index < -0.39 is 5.97 Å². The van der Waals surface area contributed by atoms with Gasteiger partial charge in [-0.3, -0.25) is 5.43 Å². The lowest BCUT2D eigenvalue weighted by molar-refractivity contribution is -0.255. The molecule has 0 aliphatic carbocycles. The Morgan fingerprint density at radius 2 is 2.08 bits per heavy atom. The highest BCUT2D eigenvalue weighted by Crippen LogP contribution is 2.39. The summed E-state index contributed by atoms with van der Waals surface area (Å²) in [6.07, 6.45) is 1.63. The van der Waals surface area contributed by atoms with Crippen molar-refractivity contribution in [2.45, 2.75) is 4.90 Å². The number of carbonyl (C=O) groups excluding carboxylic acids is 1. The second-order valence-electron chi connectivity index (χ2n) is 5.01. The summed E-state index contributed by atoms with van der Waals surface area (Å²) in [5.74, 6) is -0.539. The normalized spacial score (nSPS) is 13.9. The molecule has 2 aromatic rings. The van der Waals surface area contributed by atoms with Crippen LogP contribution in [0.15, 0.2) is 58.0 Å². The first-order valence-corrected chi connectivity index (χ1v) is 8.70. The summed E-state index contributed by atoms with van der Waals surface area (Å²) in [6, 6.07) is 11.9. The summed E-state index contributed by atoms with van der Waals surface area (Å²) in [4.78, 5) is 11.9. The van der Waals surface area contributed by atoms with Gasteiger partial charge in [0.15, 0.2) is 0 Å². The zero-order valence-corrected chi connectivity index (χ0v) is 14.6. The summed E-state index contributed by atoms with van der Waals surface area (Å²) in [5, 5.41) is 16.2. The van der Waals surface area contributed by atoms with Gasteiger partial charge in [-0.1, -0.05) is 35.3 Å². The molecule has 0 saturated carbocycles. The standard InChI is InChI=1S/C17H12Cl2N2O2S/c18-12-4-5-15-14(7-12)16(19)11(9-24-15)8-20-21-13-3-1-2-10(6-13)17(22)23/h1-8,21H,9H2,(H,22,23)/p-1/b20-8-. The molecule has 4 nitrogen and oxygen atoms in total. The summed E-state index contributed by atoms with van der Waals surface area (Å²) in [5.41, 5.74) is 5.18. The lowest BCUT2D eigenvalue weighted by Gasteiger charge is -2.17. The van der Waals surface area contributed by atoms with E-state index in [0.717, 1.165) is 16.0 Å². The first-order valence-electron chi connectivity index (χ1n) is 6.96. The van der Waals surface area contributed by atoms with Gasteiger partial charge < -0.3 is 9.90 Å². The van der Waals surface area contributed by atoms with Gasteiger partial charge >= 0.3 is 0 Å². The van der Waals surface area contributed by atoms with Crippen LogP contribution < -0.4 is 10.5 Å². The Hall–Kier alpha value is -1.95. The minimum Gasteiger partial charge on any atom is -0.545 e. The van der Waals surface area contributed by atoms with E-state index in [1.54, 1.807) is 30.1 Å². The first-order chi connectivity index (χ1) is 11.5. The van der Waals surface area contributed by atoms with Gasteiger partial charge in [0, 0.05) is 26.8 Å². The molecule has 3 rings (SSSR count). The van der Waals surface area contributed by atoms with Gasteiger partial charge in [-0.05, 0) is 35.9 Å². The molecule has 1 aliphatic heterocycles. The van der Waals surface area contributed by atoms with Crippen LogP contribution in [0.1, 0.15) is 15.9 Å². The van der Waals surface area contributed by atoms with Crippen molar-refractivity contribution in [3.05, 3.63) is 64.2 Å². The first kappa shape index (κ1) is 16.9. The number of benzene rings is 2. The summed E-state index contributed by atoms with van der Waals surface area (Å²) in [7, 11) is 0. The van der Waals surface area contributed by atoms with Crippen molar-refractivity contribution in [1.82, 2.24) is 0 Å². The number of aromatic carboxylic acids is 1. The van der Waals surface area contributed by atoms with E-state index in [0.29, 0.717) is 21.5 Å². The molecule has 0 amide bonds. The van der Waals surface area contributed by atoms with Crippen LogP contribution in [-0.2, 0) is 0 Å². The number of carbonyl (C=O) groups is 1. The quantitative estimate of drug-likeness (QED) is 0.648. The highest BCUT2D eigenvalue weighted by molar-refractivity contribution is 7.99. The van der Waals surface area contributed by atoms with Crippen LogP contribution >= 0.6 is 35.0 Å². The fourth-order valence-electron chi connectivity index (χ4n) is 2.19. The minimum atomic E-state index is -1.23. The van der Waals surface area contributed by atoms with E-state index >= 15 is 0 Å². The number of carboxylic acid groups (broad SMARTS) is 1. The Balaban J connectivity index is 1.78. The Morgan fingerprint density at radius 1 is 1.25 bits per heavy atom. The van der Waals surface area contributed by atoms with Crippen molar-refractivity contribution in [2.24, 2.45) is 5.10 Å². The van der Waals surface area contributed by atoms with Crippen molar-refractivity contribution in [1.29, 1.82) is 0 Å². The highest BCUT2D eigenvalue weighted by atomic mass is 35.5. The minimum absolute atomic E-state index is 0.0873. The number of anilines is 1. The number of hydrogen-bond acceptors (Lipinski definition) is 5. The predicted molar refractivity (Wildman–Crippen MR) is 97.8 cm³/mol. The molecule has 0 aromatic heterocycles. The number of hydrazone groups is 1. The van der Waals surface area contributed by atoms with Gasteiger partial charge in [0.2, 0.25) is 0 Å². The molecule has 24 heavy (non-hydrogen) atoms. The van der Waals surface area contributed by atoms with E-state index in [4.69, 9.17) is 23.2 Å². The number of halogens is 2. The Morgan fingerprint density at radius 3 is 2.88 bits per heavy atom. The molecule has 0 spiro atoms. The zero-order chi connectivity index (χ0) is 17.1. The average molecular weight is 378 g/mol. The molecule has 122 valence electrons. The maximum Gasteiger partial charge on any atom is 0.0716 e. The van der Waals surface area contributed by atoms with E-state index in [1.807, 2.05) is 18.2 Å². The third-order valence-corrected chi connectivity index (χ3v) is 5.16. The maximum atomic E-state index is 10.8. The molecule has 2 aromatic carbocycles. The van der Waals surface area contributed by atoms with E-state index in [-0.39, 0.29) is 5.56 Å². The van der Waals surface area contributed by atoms with E-state index in [1.165, 1.54) is 12.1 Å². The Bertz CT molecular complexity index is 865. The number of rotatable bonds is 4. The van der Waals surface area contributed by atoms with Gasteiger partial charge in [0.05, 0.1) is 22.9 Å². The largest absolute Gasteiger partial charge is 0.545 e. The van der Waals surface area contributed by atoms with Crippen molar-refractivity contribution in [3.8, 4) is 0 Å². The fraction of sp³-hybridized carbons (Fsp3) is 0.0588. The summed E-state index contributed by atoms with van der Waals surface area (Å²) >= 11 is 14.1. The van der Waals surface area contributed by atoms with E-state index in [9.17, 15) is 9.90 Å². The molecule has 1 heterocycles. The third kappa shape index (κ3) is 3.75. The van der Waals surface area contributed by atoms with Gasteiger partial charge in [0.1, 0.15) is 0 Å². The van der Waals surface area contributed by atoms with Crippen LogP contribution in [0.5, 0.6) is 0 Å². The lowest BCUT2D eigenvalue weighted by Crippen LogP contribution is -2.22. The highest BCUT2D eigenvalue weighted by Gasteiger charge is 2.17. The molecular formula is C17H11Cl2N2O2S-. The zero-order valence-electron chi connectivity index (χ0n) is 12.3. The third-order valence-electron chi connectivity index (χ3n) is 3.36. The van der Waals surface area contributed by atoms with Crippen LogP contribution in [0, 0.1) is 0 Å². The van der Waals surface area contributed by atoms with Crippen LogP contribution in [0.2, 0.25) is 5.02 Å². The van der Waals surface area contributed by atoms with Gasteiger partial charge in [-0.2, -0.15) is 5.10 Å². The number of fused-ring (bicyclic) bond motifs is 1. The number of thioether (sulfide) groups is 1. The van der Waals surface area contributed by atoms with Crippen LogP contribution in [0.25, 0.3) is 5.03 Å². The fourth-order valence-corrected chi connectivity index (χ4v) is 3.78. The van der Waals surface area contributed by atoms with Gasteiger partial charge in [-0.15, -0.1) is 11.8 Å². The number of carboxylic acids is 1. The van der Waals surface area contributed by atoms with Crippen LogP contribution in [-0.4, -0.2) is 17.9 Å². The van der Waals surface area contributed by atoms with E-state index in [2.05, 4.69) is 10.5 Å². The molecule has 0 bridgehead atoms. The average Bonchev–Trinajstić information content (AvgIpc) is 2.58. The SMILES string of the molecule is O=C([O-])c1cccc(N/N=C\C2=C(Cl)c3cc(Cl)ccc3SC2)c1. The molecule has 7 heteroatoms. The van der Waals surface area contributed by atoms with Crippen molar-refractivity contribution in [3.63, 3.8) is 0 Å². The number of hydrogen-bond donors (Lipinski definition) is 1. The van der Waals surface area contributed by atoms with Crippen molar-refractivity contribution >= 4 is 57.9 Å². The predicted octanol–water partition coefficient (Wildman–Crippen LogP) is 3.86.